The van der Waals surface area contributed by atoms with Crippen LogP contribution >= 0.6 is 35.0 Å². The highest BCUT2D eigenvalue weighted by molar-refractivity contribution is 8.00. The van der Waals surface area contributed by atoms with Crippen LogP contribution in [0, 0.1) is 5.92 Å². The van der Waals surface area contributed by atoms with Crippen LogP contribution in [0.5, 0.6) is 0 Å². The maximum absolute atomic E-state index is 13.2. The van der Waals surface area contributed by atoms with Gasteiger partial charge in [-0.15, -0.1) is 11.8 Å². The van der Waals surface area contributed by atoms with Gasteiger partial charge in [-0.05, 0) is 36.6 Å². The van der Waals surface area contributed by atoms with E-state index in [1.807, 2.05) is 51.1 Å². The highest BCUT2D eigenvalue weighted by Crippen LogP contribution is 2.28. The average molecular weight is 467 g/mol. The van der Waals surface area contributed by atoms with E-state index in [-0.39, 0.29) is 24.1 Å². The van der Waals surface area contributed by atoms with Crippen molar-refractivity contribution in [2.45, 2.75) is 44.7 Å². The van der Waals surface area contributed by atoms with Gasteiger partial charge < -0.3 is 10.2 Å². The first kappa shape index (κ1) is 24.6. The predicted molar refractivity (Wildman–Crippen MR) is 126 cm³/mol. The fourth-order valence-electron chi connectivity index (χ4n) is 2.94. The first-order valence-electron chi connectivity index (χ1n) is 10.0. The number of hydrogen-bond acceptors (Lipinski definition) is 3. The van der Waals surface area contributed by atoms with Crippen molar-refractivity contribution in [3.8, 4) is 0 Å². The summed E-state index contributed by atoms with van der Waals surface area (Å²) in [6, 6.07) is 14.4. The van der Waals surface area contributed by atoms with Crippen LogP contribution < -0.4 is 5.32 Å². The van der Waals surface area contributed by atoms with Crippen LogP contribution in [-0.4, -0.2) is 35.1 Å². The number of hydrogen-bond donors (Lipinski definition) is 1. The van der Waals surface area contributed by atoms with Gasteiger partial charge in [0.2, 0.25) is 11.8 Å². The van der Waals surface area contributed by atoms with Crippen LogP contribution in [0.1, 0.15) is 32.8 Å². The molecule has 0 fully saturated rings. The van der Waals surface area contributed by atoms with E-state index in [1.54, 1.807) is 23.1 Å². The van der Waals surface area contributed by atoms with Crippen molar-refractivity contribution in [2.75, 3.05) is 12.3 Å². The minimum Gasteiger partial charge on any atom is -0.354 e. The van der Waals surface area contributed by atoms with E-state index in [0.717, 1.165) is 4.90 Å². The molecule has 0 aromatic heterocycles. The molecule has 0 radical (unpaired) electrons. The molecule has 0 bridgehead atoms. The van der Waals surface area contributed by atoms with Gasteiger partial charge in [-0.1, -0.05) is 68.2 Å². The second-order valence-corrected chi connectivity index (χ2v) is 9.25. The Morgan fingerprint density at radius 2 is 1.67 bits per heavy atom. The molecule has 162 valence electrons. The van der Waals surface area contributed by atoms with E-state index in [1.165, 1.54) is 11.8 Å². The second-order valence-electron chi connectivity index (χ2n) is 7.39. The molecule has 4 nitrogen and oxygen atoms in total. The summed E-state index contributed by atoms with van der Waals surface area (Å²) in [5, 5.41) is 3.91. The van der Waals surface area contributed by atoms with Crippen molar-refractivity contribution in [3.63, 3.8) is 0 Å². The molecule has 1 N–H and O–H groups in total. The van der Waals surface area contributed by atoms with E-state index in [4.69, 9.17) is 23.2 Å². The highest BCUT2D eigenvalue weighted by Gasteiger charge is 2.29. The molecular formula is C23H28Cl2N2O2S. The van der Waals surface area contributed by atoms with Crippen LogP contribution in [0.15, 0.2) is 53.4 Å². The van der Waals surface area contributed by atoms with E-state index in [2.05, 4.69) is 5.32 Å². The van der Waals surface area contributed by atoms with Gasteiger partial charge in [-0.2, -0.15) is 0 Å². The third kappa shape index (κ3) is 7.22. The monoisotopic (exact) mass is 466 g/mol. The molecule has 2 aromatic rings. The molecule has 30 heavy (non-hydrogen) atoms. The van der Waals surface area contributed by atoms with Gasteiger partial charge in [0, 0.05) is 33.6 Å². The fourth-order valence-corrected chi connectivity index (χ4v) is 4.26. The lowest BCUT2D eigenvalue weighted by Crippen LogP contribution is -2.50. The third-order valence-electron chi connectivity index (χ3n) is 4.57. The zero-order chi connectivity index (χ0) is 22.1. The quantitative estimate of drug-likeness (QED) is 0.459. The maximum Gasteiger partial charge on any atom is 0.242 e. The van der Waals surface area contributed by atoms with Crippen LogP contribution in [0.25, 0.3) is 0 Å². The molecule has 0 heterocycles. The second kappa shape index (κ2) is 12.2. The van der Waals surface area contributed by atoms with Gasteiger partial charge >= 0.3 is 0 Å². The normalized spacial score (nSPS) is 11.9. The molecule has 0 aliphatic rings. The molecule has 0 unspecified atom stereocenters. The number of nitrogens with zero attached hydrogens (tertiary/aromatic N) is 1. The Kier molecular flexibility index (Phi) is 10.0. The largest absolute Gasteiger partial charge is 0.354 e. The summed E-state index contributed by atoms with van der Waals surface area (Å²) in [5.74, 6) is 0.251. The maximum atomic E-state index is 13.2. The lowest BCUT2D eigenvalue weighted by Gasteiger charge is -2.31. The molecular weight excluding hydrogens is 439 g/mol. The van der Waals surface area contributed by atoms with Crippen molar-refractivity contribution in [3.05, 3.63) is 64.1 Å². The average Bonchev–Trinajstić information content (AvgIpc) is 2.73. The molecule has 2 amide bonds. The molecule has 7 heteroatoms. The van der Waals surface area contributed by atoms with Crippen LogP contribution in [0.2, 0.25) is 10.0 Å². The Bertz CT molecular complexity index is 826. The number of nitrogens with one attached hydrogen (secondary N) is 1. The topological polar surface area (TPSA) is 49.4 Å². The van der Waals surface area contributed by atoms with Crippen molar-refractivity contribution in [2.24, 2.45) is 5.92 Å². The Balaban J connectivity index is 2.25. The predicted octanol–water partition coefficient (Wildman–Crippen LogP) is 5.67. The third-order valence-corrected chi connectivity index (χ3v) is 6.27. The summed E-state index contributed by atoms with van der Waals surface area (Å²) in [7, 11) is 0. The highest BCUT2D eigenvalue weighted by atomic mass is 35.5. The molecule has 2 aromatic carbocycles. The van der Waals surface area contributed by atoms with Crippen LogP contribution in [-0.2, 0) is 16.1 Å². The Labute approximate surface area is 193 Å². The van der Waals surface area contributed by atoms with Gasteiger partial charge in [0.25, 0.3) is 0 Å². The summed E-state index contributed by atoms with van der Waals surface area (Å²) in [4.78, 5) is 28.7. The molecule has 0 aliphatic carbocycles. The number of rotatable bonds is 10. The van der Waals surface area contributed by atoms with Gasteiger partial charge in [0.1, 0.15) is 6.04 Å². The number of amides is 2. The number of halogens is 2. The molecule has 0 saturated carbocycles. The zero-order valence-electron chi connectivity index (χ0n) is 17.5. The van der Waals surface area contributed by atoms with Crippen molar-refractivity contribution < 1.29 is 9.59 Å². The summed E-state index contributed by atoms with van der Waals surface area (Å²) < 4.78 is 0. The Hall–Kier alpha value is -1.69. The molecule has 2 rings (SSSR count). The molecule has 0 aliphatic heterocycles. The number of thioether (sulfide) groups is 1. The van der Waals surface area contributed by atoms with Gasteiger partial charge in [0.15, 0.2) is 0 Å². The van der Waals surface area contributed by atoms with E-state index in [9.17, 15) is 9.59 Å². The number of carbonyl (C=O) groups is 2. The van der Waals surface area contributed by atoms with E-state index >= 15 is 0 Å². The fraction of sp³-hybridized carbons (Fsp3) is 0.391. The van der Waals surface area contributed by atoms with Crippen molar-refractivity contribution in [1.29, 1.82) is 0 Å². The number of carbonyl (C=O) groups excluding carboxylic acids is 2. The smallest absolute Gasteiger partial charge is 0.242 e. The first-order chi connectivity index (χ1) is 14.3. The molecule has 0 saturated heterocycles. The standard InChI is InChI=1S/C23H28Cl2N2O2S/c1-4-21(23(29)26-13-16(2)3)27(14-18-19(24)11-8-12-20(18)25)22(28)15-30-17-9-6-5-7-10-17/h5-12,16,21H,4,13-15H2,1-3H3,(H,26,29)/t21-/m0/s1. The lowest BCUT2D eigenvalue weighted by molar-refractivity contribution is -0.139. The summed E-state index contributed by atoms with van der Waals surface area (Å²) in [6.07, 6.45) is 0.494. The van der Waals surface area contributed by atoms with Gasteiger partial charge in [-0.3, -0.25) is 9.59 Å². The van der Waals surface area contributed by atoms with Crippen molar-refractivity contribution in [1.82, 2.24) is 10.2 Å². The van der Waals surface area contributed by atoms with E-state index in [0.29, 0.717) is 34.5 Å². The van der Waals surface area contributed by atoms with E-state index < -0.39 is 6.04 Å². The summed E-state index contributed by atoms with van der Waals surface area (Å²) >= 11 is 14.2. The first-order valence-corrected chi connectivity index (χ1v) is 11.8. The van der Waals surface area contributed by atoms with Crippen molar-refractivity contribution >= 4 is 46.8 Å². The summed E-state index contributed by atoms with van der Waals surface area (Å²) in [6.45, 7) is 6.70. The minimum atomic E-state index is -0.597. The van der Waals surface area contributed by atoms with Gasteiger partial charge in [-0.25, -0.2) is 0 Å². The molecule has 0 spiro atoms. The Morgan fingerprint density at radius 1 is 1.03 bits per heavy atom. The van der Waals surface area contributed by atoms with Gasteiger partial charge in [0.05, 0.1) is 5.75 Å². The van der Waals surface area contributed by atoms with Crippen LogP contribution in [0.3, 0.4) is 0 Å². The number of benzene rings is 2. The molecule has 1 atom stereocenters. The summed E-state index contributed by atoms with van der Waals surface area (Å²) in [5.41, 5.74) is 0.647. The Morgan fingerprint density at radius 3 is 2.23 bits per heavy atom. The SMILES string of the molecule is CC[C@@H](C(=O)NCC(C)C)N(Cc1c(Cl)cccc1Cl)C(=O)CSc1ccccc1. The minimum absolute atomic E-state index is 0.133. The van der Waals surface area contributed by atoms with Crippen LogP contribution in [0.4, 0.5) is 0 Å². The zero-order valence-corrected chi connectivity index (χ0v) is 19.9. The lowest BCUT2D eigenvalue weighted by atomic mass is 10.1.